The molecule has 2 aromatic heterocycles. The Hall–Kier alpha value is -1.73. The molecule has 0 amide bonds. The van der Waals surface area contributed by atoms with Gasteiger partial charge in [-0.2, -0.15) is 8.75 Å². The molecule has 0 atom stereocenters. The summed E-state index contributed by atoms with van der Waals surface area (Å²) in [7, 11) is -3.74. The number of aromatic nitrogens is 2. The minimum absolute atomic E-state index is 0.148. The zero-order valence-corrected chi connectivity index (χ0v) is 17.4. The molecule has 0 saturated carbocycles. The molecule has 4 N–H and O–H groups in total. The number of nitrogens with one attached hydrogen (secondary N) is 3. The maximum absolute atomic E-state index is 12.1. The van der Waals surface area contributed by atoms with Crippen LogP contribution in [0.3, 0.4) is 0 Å². The van der Waals surface area contributed by atoms with Crippen molar-refractivity contribution in [2.24, 2.45) is 0 Å². The van der Waals surface area contributed by atoms with Gasteiger partial charge in [-0.3, -0.25) is 0 Å². The molecule has 26 heavy (non-hydrogen) atoms. The Balaban J connectivity index is 1.85. The summed E-state index contributed by atoms with van der Waals surface area (Å²) in [6.07, 6.45) is 0. The molecule has 3 rings (SSSR count). The largest absolute Gasteiger partial charge is 0.504 e. The number of thiophene rings is 1. The quantitative estimate of drug-likeness (QED) is 0.409. The van der Waals surface area contributed by atoms with E-state index in [0.717, 1.165) is 33.2 Å². The average molecular weight is 476 g/mol. The number of benzene rings is 1. The number of aromatic hydroxyl groups is 1. The SMILES string of the molecule is CCNS(=O)(=O)c1scc(Nc2nsnc2Nc2ccccc2Br)c1O. The van der Waals surface area contributed by atoms with E-state index in [2.05, 4.69) is 40.0 Å². The third kappa shape index (κ3) is 3.99. The molecule has 0 aliphatic heterocycles. The maximum atomic E-state index is 12.1. The first-order valence-electron chi connectivity index (χ1n) is 7.33. The number of rotatable bonds is 7. The van der Waals surface area contributed by atoms with E-state index in [1.165, 1.54) is 5.38 Å². The van der Waals surface area contributed by atoms with Crippen molar-refractivity contribution in [3.05, 3.63) is 34.1 Å². The van der Waals surface area contributed by atoms with E-state index in [1.54, 1.807) is 6.92 Å². The van der Waals surface area contributed by atoms with Crippen LogP contribution in [0.1, 0.15) is 6.92 Å². The van der Waals surface area contributed by atoms with Gasteiger partial charge in [-0.25, -0.2) is 13.1 Å². The highest BCUT2D eigenvalue weighted by atomic mass is 79.9. The van der Waals surface area contributed by atoms with Crippen LogP contribution in [0.5, 0.6) is 5.75 Å². The lowest BCUT2D eigenvalue weighted by Crippen LogP contribution is -2.22. The zero-order chi connectivity index (χ0) is 18.7. The molecule has 0 saturated heterocycles. The fraction of sp³-hybridized carbons (Fsp3) is 0.143. The summed E-state index contributed by atoms with van der Waals surface area (Å²) in [6, 6.07) is 7.53. The summed E-state index contributed by atoms with van der Waals surface area (Å²) in [5.74, 6) is 0.491. The van der Waals surface area contributed by atoms with Gasteiger partial charge in [-0.15, -0.1) is 11.3 Å². The van der Waals surface area contributed by atoms with Crippen molar-refractivity contribution in [1.82, 2.24) is 13.5 Å². The van der Waals surface area contributed by atoms with Crippen LogP contribution < -0.4 is 15.4 Å². The van der Waals surface area contributed by atoms with Crippen LogP contribution in [-0.4, -0.2) is 28.8 Å². The van der Waals surface area contributed by atoms with Gasteiger partial charge in [0.25, 0.3) is 10.0 Å². The number of nitrogens with zero attached hydrogens (tertiary/aromatic N) is 2. The summed E-state index contributed by atoms with van der Waals surface area (Å²) >= 11 is 5.35. The molecule has 3 aromatic rings. The molecule has 0 bridgehead atoms. The highest BCUT2D eigenvalue weighted by Crippen LogP contribution is 2.40. The smallest absolute Gasteiger partial charge is 0.253 e. The summed E-state index contributed by atoms with van der Waals surface area (Å²) in [4.78, 5) is 0. The molecule has 0 spiro atoms. The molecule has 138 valence electrons. The minimum Gasteiger partial charge on any atom is -0.504 e. The second kappa shape index (κ2) is 7.88. The van der Waals surface area contributed by atoms with Gasteiger partial charge in [0.1, 0.15) is 0 Å². The molecule has 0 fully saturated rings. The van der Waals surface area contributed by atoms with E-state index in [1.807, 2.05) is 24.3 Å². The Morgan fingerprint density at radius 2 is 1.81 bits per heavy atom. The van der Waals surface area contributed by atoms with Crippen molar-refractivity contribution in [1.29, 1.82) is 0 Å². The molecule has 0 aliphatic rings. The fourth-order valence-electron chi connectivity index (χ4n) is 2.04. The standard InChI is InChI=1S/C14H14BrN5O3S3/c1-2-16-26(22,23)14-11(21)10(7-24-14)18-13-12(19-25-20-13)17-9-6-4-3-5-8(9)15/h3-7,16,21H,2H2,1H3,(H,17,19)(H,18,20). The first-order valence-corrected chi connectivity index (χ1v) is 11.2. The van der Waals surface area contributed by atoms with Gasteiger partial charge in [-0.05, 0) is 28.1 Å². The molecule has 0 unspecified atom stereocenters. The van der Waals surface area contributed by atoms with Crippen LogP contribution in [0, 0.1) is 0 Å². The second-order valence-corrected chi connectivity index (χ2v) is 9.20. The number of hydrogen-bond donors (Lipinski definition) is 4. The third-order valence-corrected chi connectivity index (χ3v) is 7.46. The van der Waals surface area contributed by atoms with Crippen molar-refractivity contribution >= 4 is 72.0 Å². The van der Waals surface area contributed by atoms with Crippen molar-refractivity contribution < 1.29 is 13.5 Å². The number of anilines is 4. The van der Waals surface area contributed by atoms with Crippen LogP contribution >= 0.6 is 39.0 Å². The Kier molecular flexibility index (Phi) is 5.77. The Labute approximate surface area is 166 Å². The predicted molar refractivity (Wildman–Crippen MR) is 107 cm³/mol. The van der Waals surface area contributed by atoms with Crippen molar-refractivity contribution in [2.45, 2.75) is 11.1 Å². The lowest BCUT2D eigenvalue weighted by Gasteiger charge is -2.08. The van der Waals surface area contributed by atoms with E-state index >= 15 is 0 Å². The molecule has 0 radical (unpaired) electrons. The molecule has 2 heterocycles. The second-order valence-electron chi connectivity index (χ2n) is 4.98. The Morgan fingerprint density at radius 1 is 1.15 bits per heavy atom. The minimum atomic E-state index is -3.74. The fourth-order valence-corrected chi connectivity index (χ4v) is 5.21. The number of sulfonamides is 1. The lowest BCUT2D eigenvalue weighted by molar-refractivity contribution is 0.465. The van der Waals surface area contributed by atoms with E-state index in [0.29, 0.717) is 11.6 Å². The molecule has 1 aromatic carbocycles. The Morgan fingerprint density at radius 3 is 2.46 bits per heavy atom. The first-order chi connectivity index (χ1) is 12.4. The van der Waals surface area contributed by atoms with E-state index in [9.17, 15) is 13.5 Å². The Bertz CT molecular complexity index is 1020. The van der Waals surface area contributed by atoms with E-state index in [4.69, 9.17) is 0 Å². The van der Waals surface area contributed by atoms with Gasteiger partial charge in [0.15, 0.2) is 21.6 Å². The number of hydrogen-bond acceptors (Lipinski definition) is 9. The average Bonchev–Trinajstić information content (AvgIpc) is 3.18. The van der Waals surface area contributed by atoms with Gasteiger partial charge in [0, 0.05) is 16.4 Å². The predicted octanol–water partition coefficient (Wildman–Crippen LogP) is 3.85. The third-order valence-electron chi connectivity index (χ3n) is 3.18. The number of para-hydroxylation sites is 1. The van der Waals surface area contributed by atoms with Crippen LogP contribution in [0.2, 0.25) is 0 Å². The number of halogens is 1. The van der Waals surface area contributed by atoms with Gasteiger partial charge in [0.05, 0.1) is 23.1 Å². The molecule has 12 heteroatoms. The topological polar surface area (TPSA) is 116 Å². The van der Waals surface area contributed by atoms with Crippen LogP contribution in [0.25, 0.3) is 0 Å². The van der Waals surface area contributed by atoms with Gasteiger partial charge in [0.2, 0.25) is 0 Å². The monoisotopic (exact) mass is 475 g/mol. The highest BCUT2D eigenvalue weighted by Gasteiger charge is 2.24. The van der Waals surface area contributed by atoms with Crippen molar-refractivity contribution in [3.8, 4) is 5.75 Å². The van der Waals surface area contributed by atoms with E-state index in [-0.39, 0.29) is 22.2 Å². The first kappa shape index (κ1) is 19.0. The normalized spacial score (nSPS) is 11.5. The van der Waals surface area contributed by atoms with Crippen LogP contribution in [0.15, 0.2) is 38.3 Å². The molecule has 8 nitrogen and oxygen atoms in total. The highest BCUT2D eigenvalue weighted by molar-refractivity contribution is 9.10. The van der Waals surface area contributed by atoms with Gasteiger partial charge in [-0.1, -0.05) is 19.1 Å². The van der Waals surface area contributed by atoms with Gasteiger partial charge >= 0.3 is 0 Å². The van der Waals surface area contributed by atoms with Crippen LogP contribution in [0.4, 0.5) is 23.0 Å². The lowest BCUT2D eigenvalue weighted by atomic mass is 10.3. The van der Waals surface area contributed by atoms with Gasteiger partial charge < -0.3 is 15.7 Å². The summed E-state index contributed by atoms with van der Waals surface area (Å²) < 4.78 is 35.6. The van der Waals surface area contributed by atoms with Crippen molar-refractivity contribution in [3.63, 3.8) is 0 Å². The summed E-state index contributed by atoms with van der Waals surface area (Å²) in [5, 5.41) is 17.8. The molecular formula is C14H14BrN5O3S3. The van der Waals surface area contributed by atoms with Crippen molar-refractivity contribution in [2.75, 3.05) is 17.2 Å². The zero-order valence-electron chi connectivity index (χ0n) is 13.4. The molecular weight excluding hydrogens is 462 g/mol. The van der Waals surface area contributed by atoms with Crippen LogP contribution in [-0.2, 0) is 10.0 Å². The van der Waals surface area contributed by atoms with E-state index < -0.39 is 10.0 Å². The summed E-state index contributed by atoms with van der Waals surface area (Å²) in [6.45, 7) is 1.90. The summed E-state index contributed by atoms with van der Waals surface area (Å²) in [5.41, 5.74) is 1.04. The molecule has 0 aliphatic carbocycles. The maximum Gasteiger partial charge on any atom is 0.253 e.